The Labute approximate surface area is 96.0 Å². The Morgan fingerprint density at radius 1 is 1.13 bits per heavy atom. The van der Waals surface area contributed by atoms with Gasteiger partial charge in [0.25, 0.3) is 0 Å². The highest BCUT2D eigenvalue weighted by Crippen LogP contribution is 2.29. The van der Waals surface area contributed by atoms with Crippen molar-refractivity contribution in [3.63, 3.8) is 0 Å². The quantitative estimate of drug-likeness (QED) is 0.595. The van der Waals surface area contributed by atoms with Crippen LogP contribution in [0.5, 0.6) is 0 Å². The van der Waals surface area contributed by atoms with E-state index in [1.165, 1.54) is 51.4 Å². The summed E-state index contributed by atoms with van der Waals surface area (Å²) in [5.74, 6) is 0.975. The Bertz CT molecular complexity index is 151. The summed E-state index contributed by atoms with van der Waals surface area (Å²) in [6.07, 6.45) is 11.3. The Balaban J connectivity index is 1.98. The first-order valence-corrected chi connectivity index (χ1v) is 7.00. The standard InChI is InChI=1S/C14H29N/c1-4-5-6-7-9-12(2)15-13(3)14-10-8-11-14/h12-15H,4-11H2,1-3H3. The van der Waals surface area contributed by atoms with Crippen LogP contribution in [0.3, 0.4) is 0 Å². The van der Waals surface area contributed by atoms with Gasteiger partial charge in [-0.2, -0.15) is 0 Å². The normalized spacial score (nSPS) is 21.0. The zero-order chi connectivity index (χ0) is 11.1. The second-order valence-electron chi connectivity index (χ2n) is 5.40. The monoisotopic (exact) mass is 211 g/mol. The Morgan fingerprint density at radius 3 is 2.40 bits per heavy atom. The molecule has 15 heavy (non-hydrogen) atoms. The van der Waals surface area contributed by atoms with E-state index in [1.807, 2.05) is 0 Å². The first kappa shape index (κ1) is 13.0. The molecule has 0 aliphatic heterocycles. The number of hydrogen-bond donors (Lipinski definition) is 1. The number of hydrogen-bond acceptors (Lipinski definition) is 1. The molecule has 0 bridgehead atoms. The zero-order valence-corrected chi connectivity index (χ0v) is 10.9. The van der Waals surface area contributed by atoms with Gasteiger partial charge in [-0.3, -0.25) is 0 Å². The molecule has 0 aromatic rings. The summed E-state index contributed by atoms with van der Waals surface area (Å²) in [5, 5.41) is 3.76. The van der Waals surface area contributed by atoms with Gasteiger partial charge in [-0.1, -0.05) is 39.0 Å². The van der Waals surface area contributed by atoms with E-state index in [2.05, 4.69) is 26.1 Å². The van der Waals surface area contributed by atoms with Crippen LogP contribution in [0.15, 0.2) is 0 Å². The fourth-order valence-electron chi connectivity index (χ4n) is 2.49. The molecule has 0 aromatic carbocycles. The van der Waals surface area contributed by atoms with Gasteiger partial charge in [-0.25, -0.2) is 0 Å². The second-order valence-corrected chi connectivity index (χ2v) is 5.40. The van der Waals surface area contributed by atoms with Gasteiger partial charge in [0.15, 0.2) is 0 Å². The fourth-order valence-corrected chi connectivity index (χ4v) is 2.49. The van der Waals surface area contributed by atoms with Crippen molar-refractivity contribution in [1.29, 1.82) is 0 Å². The Hall–Kier alpha value is -0.0400. The highest BCUT2D eigenvalue weighted by molar-refractivity contribution is 4.81. The predicted octanol–water partition coefficient (Wildman–Crippen LogP) is 4.12. The number of unbranched alkanes of at least 4 members (excludes halogenated alkanes) is 3. The van der Waals surface area contributed by atoms with E-state index in [0.29, 0.717) is 0 Å². The van der Waals surface area contributed by atoms with Crippen molar-refractivity contribution < 1.29 is 0 Å². The smallest absolute Gasteiger partial charge is 0.00694 e. The average Bonchev–Trinajstić information content (AvgIpc) is 2.09. The van der Waals surface area contributed by atoms with E-state index >= 15 is 0 Å². The van der Waals surface area contributed by atoms with Crippen molar-refractivity contribution in [2.24, 2.45) is 5.92 Å². The maximum absolute atomic E-state index is 3.76. The summed E-state index contributed by atoms with van der Waals surface area (Å²) in [7, 11) is 0. The topological polar surface area (TPSA) is 12.0 Å². The molecule has 90 valence electrons. The predicted molar refractivity (Wildman–Crippen MR) is 68.2 cm³/mol. The molecule has 2 unspecified atom stereocenters. The molecule has 0 aromatic heterocycles. The summed E-state index contributed by atoms with van der Waals surface area (Å²) in [6, 6.07) is 1.47. The molecule has 1 aliphatic carbocycles. The maximum Gasteiger partial charge on any atom is 0.00694 e. The van der Waals surface area contributed by atoms with Crippen LogP contribution in [0.4, 0.5) is 0 Å². The lowest BCUT2D eigenvalue weighted by molar-refractivity contribution is 0.226. The van der Waals surface area contributed by atoms with Crippen molar-refractivity contribution in [1.82, 2.24) is 5.32 Å². The van der Waals surface area contributed by atoms with Crippen molar-refractivity contribution >= 4 is 0 Å². The summed E-state index contributed by atoms with van der Waals surface area (Å²) in [4.78, 5) is 0. The van der Waals surface area contributed by atoms with Crippen LogP contribution in [-0.4, -0.2) is 12.1 Å². The third-order valence-electron chi connectivity index (χ3n) is 3.90. The molecule has 1 rings (SSSR count). The fraction of sp³-hybridized carbons (Fsp3) is 1.00. The molecule has 0 heterocycles. The van der Waals surface area contributed by atoms with Crippen molar-refractivity contribution in [2.75, 3.05) is 0 Å². The van der Waals surface area contributed by atoms with Crippen LogP contribution in [0.2, 0.25) is 0 Å². The molecule has 1 fully saturated rings. The second kappa shape index (κ2) is 7.27. The largest absolute Gasteiger partial charge is 0.312 e. The van der Waals surface area contributed by atoms with Gasteiger partial charge in [-0.15, -0.1) is 0 Å². The lowest BCUT2D eigenvalue weighted by Crippen LogP contribution is -2.41. The molecule has 0 amide bonds. The third-order valence-corrected chi connectivity index (χ3v) is 3.90. The molecule has 1 heteroatoms. The van der Waals surface area contributed by atoms with E-state index in [9.17, 15) is 0 Å². The van der Waals surface area contributed by atoms with E-state index in [1.54, 1.807) is 0 Å². The van der Waals surface area contributed by atoms with Gasteiger partial charge in [0.2, 0.25) is 0 Å². The van der Waals surface area contributed by atoms with Crippen LogP contribution < -0.4 is 5.32 Å². The van der Waals surface area contributed by atoms with Crippen LogP contribution in [-0.2, 0) is 0 Å². The summed E-state index contributed by atoms with van der Waals surface area (Å²) in [6.45, 7) is 6.99. The molecule has 1 aliphatic rings. The molecule has 1 nitrogen and oxygen atoms in total. The lowest BCUT2D eigenvalue weighted by Gasteiger charge is -2.34. The molecule has 0 saturated heterocycles. The molecular formula is C14H29N. The summed E-state index contributed by atoms with van der Waals surface area (Å²) < 4.78 is 0. The molecular weight excluding hydrogens is 182 g/mol. The van der Waals surface area contributed by atoms with Crippen LogP contribution >= 0.6 is 0 Å². The van der Waals surface area contributed by atoms with E-state index < -0.39 is 0 Å². The van der Waals surface area contributed by atoms with Crippen LogP contribution in [0.25, 0.3) is 0 Å². The molecule has 2 atom stereocenters. The summed E-state index contributed by atoms with van der Waals surface area (Å²) in [5.41, 5.74) is 0. The maximum atomic E-state index is 3.76. The molecule has 1 N–H and O–H groups in total. The van der Waals surface area contributed by atoms with E-state index in [0.717, 1.165) is 18.0 Å². The number of rotatable bonds is 8. The Morgan fingerprint density at radius 2 is 1.87 bits per heavy atom. The molecule has 1 saturated carbocycles. The van der Waals surface area contributed by atoms with Gasteiger partial charge in [0, 0.05) is 12.1 Å². The minimum Gasteiger partial charge on any atom is -0.312 e. The zero-order valence-electron chi connectivity index (χ0n) is 10.9. The van der Waals surface area contributed by atoms with Crippen molar-refractivity contribution in [2.45, 2.75) is 84.2 Å². The molecule has 0 spiro atoms. The van der Waals surface area contributed by atoms with Crippen molar-refractivity contribution in [3.05, 3.63) is 0 Å². The number of nitrogens with one attached hydrogen (secondary N) is 1. The minimum absolute atomic E-state index is 0.720. The highest BCUT2D eigenvalue weighted by atomic mass is 14.9. The van der Waals surface area contributed by atoms with Gasteiger partial charge in [0.05, 0.1) is 0 Å². The van der Waals surface area contributed by atoms with Crippen molar-refractivity contribution in [3.8, 4) is 0 Å². The minimum atomic E-state index is 0.720. The van der Waals surface area contributed by atoms with Gasteiger partial charge < -0.3 is 5.32 Å². The van der Waals surface area contributed by atoms with Crippen LogP contribution in [0.1, 0.15) is 72.1 Å². The lowest BCUT2D eigenvalue weighted by atomic mass is 9.80. The van der Waals surface area contributed by atoms with Gasteiger partial charge >= 0.3 is 0 Å². The van der Waals surface area contributed by atoms with E-state index in [-0.39, 0.29) is 0 Å². The average molecular weight is 211 g/mol. The summed E-state index contributed by atoms with van der Waals surface area (Å²) >= 11 is 0. The molecule has 0 radical (unpaired) electrons. The van der Waals surface area contributed by atoms with Gasteiger partial charge in [0.1, 0.15) is 0 Å². The van der Waals surface area contributed by atoms with Crippen LogP contribution in [0, 0.1) is 5.92 Å². The SMILES string of the molecule is CCCCCCC(C)NC(C)C1CCC1. The first-order valence-electron chi connectivity index (χ1n) is 7.00. The third kappa shape index (κ3) is 5.01. The van der Waals surface area contributed by atoms with E-state index in [4.69, 9.17) is 0 Å². The first-order chi connectivity index (χ1) is 7.24. The highest BCUT2D eigenvalue weighted by Gasteiger charge is 2.24. The Kier molecular flexibility index (Phi) is 6.31. The van der Waals surface area contributed by atoms with Gasteiger partial charge in [-0.05, 0) is 39.0 Å².